The van der Waals surface area contributed by atoms with E-state index in [0.717, 1.165) is 35.6 Å². The van der Waals surface area contributed by atoms with Crippen LogP contribution in [-0.4, -0.2) is 50.9 Å². The van der Waals surface area contributed by atoms with Crippen molar-refractivity contribution in [3.8, 4) is 5.75 Å². The number of sulfonamides is 1. The Morgan fingerprint density at radius 2 is 1.71 bits per heavy atom. The lowest BCUT2D eigenvalue weighted by atomic mass is 10.1. The average molecular weight is 619 g/mol. The van der Waals surface area contributed by atoms with Crippen molar-refractivity contribution in [3.05, 3.63) is 88.4 Å². The topological polar surface area (TPSA) is 96.0 Å². The Hall–Kier alpha value is -3.27. The van der Waals surface area contributed by atoms with Gasteiger partial charge in [0, 0.05) is 17.6 Å². The van der Waals surface area contributed by atoms with Crippen LogP contribution >= 0.6 is 23.2 Å². The smallest absolute Gasteiger partial charge is 0.264 e. The molecule has 1 atom stereocenters. The van der Waals surface area contributed by atoms with Gasteiger partial charge in [0.2, 0.25) is 11.8 Å². The number of hydrogen-bond donors (Lipinski definition) is 1. The number of anilines is 1. The molecule has 0 radical (unpaired) electrons. The molecule has 0 aliphatic heterocycles. The van der Waals surface area contributed by atoms with Crippen LogP contribution in [0.2, 0.25) is 10.0 Å². The predicted molar refractivity (Wildman–Crippen MR) is 161 cm³/mol. The fraction of sp³-hybridized carbons (Fsp3) is 0.333. The number of halogens is 2. The third-order valence-corrected chi connectivity index (χ3v) is 9.47. The first-order valence-electron chi connectivity index (χ1n) is 13.4. The minimum atomic E-state index is -4.25. The molecule has 1 unspecified atom stereocenters. The van der Waals surface area contributed by atoms with Gasteiger partial charge in [-0.2, -0.15) is 0 Å². The van der Waals surface area contributed by atoms with E-state index in [1.165, 1.54) is 35.2 Å². The van der Waals surface area contributed by atoms with Crippen LogP contribution in [0.15, 0.2) is 77.7 Å². The van der Waals surface area contributed by atoms with Crippen molar-refractivity contribution in [3.63, 3.8) is 0 Å². The Bertz CT molecular complexity index is 1480. The molecule has 4 rings (SSSR count). The largest absolute Gasteiger partial charge is 0.497 e. The van der Waals surface area contributed by atoms with E-state index in [9.17, 15) is 18.0 Å². The predicted octanol–water partition coefficient (Wildman–Crippen LogP) is 5.67. The molecule has 0 spiro atoms. The van der Waals surface area contributed by atoms with Crippen molar-refractivity contribution in [2.75, 3.05) is 18.0 Å². The number of nitrogens with zero attached hydrogens (tertiary/aromatic N) is 2. The summed E-state index contributed by atoms with van der Waals surface area (Å²) in [5.74, 6) is -0.291. The van der Waals surface area contributed by atoms with E-state index in [0.29, 0.717) is 5.75 Å². The molecule has 0 bridgehead atoms. The lowest BCUT2D eigenvalue weighted by Crippen LogP contribution is -2.52. The van der Waals surface area contributed by atoms with E-state index in [1.807, 2.05) is 6.07 Å². The molecule has 1 fully saturated rings. The molecule has 2 amide bonds. The van der Waals surface area contributed by atoms with Crippen LogP contribution in [0.1, 0.15) is 38.2 Å². The van der Waals surface area contributed by atoms with Gasteiger partial charge in [-0.3, -0.25) is 13.9 Å². The summed E-state index contributed by atoms with van der Waals surface area (Å²) in [5, 5.41) is 3.41. The lowest BCUT2D eigenvalue weighted by Gasteiger charge is -2.32. The summed E-state index contributed by atoms with van der Waals surface area (Å²) in [5.41, 5.74) is 0.775. The van der Waals surface area contributed by atoms with Crippen molar-refractivity contribution in [1.82, 2.24) is 10.2 Å². The summed E-state index contributed by atoms with van der Waals surface area (Å²) in [7, 11) is -2.71. The van der Waals surface area contributed by atoms with Gasteiger partial charge >= 0.3 is 0 Å². The van der Waals surface area contributed by atoms with Crippen LogP contribution in [0.4, 0.5) is 5.69 Å². The molecule has 3 aromatic carbocycles. The van der Waals surface area contributed by atoms with Crippen LogP contribution < -0.4 is 14.4 Å². The van der Waals surface area contributed by atoms with Crippen LogP contribution in [0, 0.1) is 0 Å². The SMILES string of the molecule is COc1cccc(CN(C(=O)CN(c2cc(Cl)ccc2Cl)S(=O)(=O)c2ccccc2)C(C)C(=O)NC2CCCC2)c1. The van der Waals surface area contributed by atoms with Gasteiger partial charge in [0.15, 0.2) is 0 Å². The molecule has 11 heteroatoms. The fourth-order valence-corrected chi connectivity index (χ4v) is 6.73. The second-order valence-corrected chi connectivity index (χ2v) is 12.7. The van der Waals surface area contributed by atoms with Crippen molar-refractivity contribution < 1.29 is 22.7 Å². The third-order valence-electron chi connectivity index (χ3n) is 7.14. The Balaban J connectivity index is 1.71. The Kier molecular flexibility index (Phi) is 10.2. The van der Waals surface area contributed by atoms with Gasteiger partial charge in [0.25, 0.3) is 10.0 Å². The fourth-order valence-electron chi connectivity index (χ4n) is 4.85. The molecule has 0 aromatic heterocycles. The number of benzene rings is 3. The standard InChI is InChI=1S/C30H33Cl2N3O5S/c1-21(30(37)33-24-10-6-7-11-24)34(19-22-9-8-12-25(17-22)40-2)29(36)20-35(28-18-23(31)15-16-27(28)32)41(38,39)26-13-4-3-5-14-26/h3-5,8-9,12-18,21,24H,6-7,10-11,19-20H2,1-2H3,(H,33,37). The lowest BCUT2D eigenvalue weighted by molar-refractivity contribution is -0.139. The highest BCUT2D eigenvalue weighted by molar-refractivity contribution is 7.92. The van der Waals surface area contributed by atoms with Crippen molar-refractivity contribution >= 4 is 50.7 Å². The number of carbonyl (C=O) groups excluding carboxylic acids is 2. The monoisotopic (exact) mass is 617 g/mol. The molecule has 1 N–H and O–H groups in total. The Morgan fingerprint density at radius 3 is 2.39 bits per heavy atom. The van der Waals surface area contributed by atoms with Crippen LogP contribution in [-0.2, 0) is 26.2 Å². The molecule has 3 aromatic rings. The minimum Gasteiger partial charge on any atom is -0.497 e. The van der Waals surface area contributed by atoms with E-state index in [-0.39, 0.29) is 39.1 Å². The Labute approximate surface area is 251 Å². The normalized spacial score (nSPS) is 14.3. The quantitative estimate of drug-likeness (QED) is 0.299. The zero-order valence-corrected chi connectivity index (χ0v) is 25.3. The van der Waals surface area contributed by atoms with Gasteiger partial charge in [-0.15, -0.1) is 0 Å². The zero-order valence-electron chi connectivity index (χ0n) is 22.9. The summed E-state index contributed by atoms with van der Waals surface area (Å²) in [6.07, 6.45) is 3.86. The summed E-state index contributed by atoms with van der Waals surface area (Å²) < 4.78 is 34.1. The summed E-state index contributed by atoms with van der Waals surface area (Å²) in [6, 6.07) is 18.5. The highest BCUT2D eigenvalue weighted by Gasteiger charge is 2.34. The molecule has 41 heavy (non-hydrogen) atoms. The molecule has 0 saturated heterocycles. The summed E-state index contributed by atoms with van der Waals surface area (Å²) >= 11 is 12.7. The van der Waals surface area contributed by atoms with E-state index < -0.39 is 28.5 Å². The van der Waals surface area contributed by atoms with Crippen molar-refractivity contribution in [2.45, 2.75) is 56.1 Å². The highest BCUT2D eigenvalue weighted by Crippen LogP contribution is 2.33. The average Bonchev–Trinajstić information content (AvgIpc) is 3.49. The number of nitrogens with one attached hydrogen (secondary N) is 1. The van der Waals surface area contributed by atoms with E-state index in [1.54, 1.807) is 50.4 Å². The molecular formula is C30H33Cl2N3O5S. The van der Waals surface area contributed by atoms with Crippen molar-refractivity contribution in [2.24, 2.45) is 0 Å². The van der Waals surface area contributed by atoms with Gasteiger partial charge in [-0.25, -0.2) is 8.42 Å². The summed E-state index contributed by atoms with van der Waals surface area (Å²) in [6.45, 7) is 1.09. The number of methoxy groups -OCH3 is 1. The van der Waals surface area contributed by atoms with Gasteiger partial charge in [0.05, 0.1) is 22.7 Å². The molecule has 1 aliphatic carbocycles. The van der Waals surface area contributed by atoms with E-state index in [4.69, 9.17) is 27.9 Å². The maximum absolute atomic E-state index is 14.1. The minimum absolute atomic E-state index is 0.0183. The summed E-state index contributed by atoms with van der Waals surface area (Å²) in [4.78, 5) is 28.8. The first kappa shape index (κ1) is 30.7. The van der Waals surface area contributed by atoms with Gasteiger partial charge in [-0.1, -0.05) is 66.4 Å². The number of amides is 2. The Morgan fingerprint density at radius 1 is 1.00 bits per heavy atom. The molecule has 1 saturated carbocycles. The zero-order chi connectivity index (χ0) is 29.6. The first-order valence-corrected chi connectivity index (χ1v) is 15.6. The van der Waals surface area contributed by atoms with Crippen LogP contribution in [0.25, 0.3) is 0 Å². The number of ether oxygens (including phenoxy) is 1. The molecule has 218 valence electrons. The molecule has 1 aliphatic rings. The molecule has 0 heterocycles. The first-order chi connectivity index (χ1) is 19.6. The highest BCUT2D eigenvalue weighted by atomic mass is 35.5. The molecule has 8 nitrogen and oxygen atoms in total. The maximum atomic E-state index is 14.1. The van der Waals surface area contributed by atoms with Gasteiger partial charge in [0.1, 0.15) is 18.3 Å². The third kappa shape index (κ3) is 7.52. The van der Waals surface area contributed by atoms with Crippen molar-refractivity contribution in [1.29, 1.82) is 0 Å². The maximum Gasteiger partial charge on any atom is 0.264 e. The second kappa shape index (κ2) is 13.6. The van der Waals surface area contributed by atoms with Gasteiger partial charge < -0.3 is 15.0 Å². The number of rotatable bonds is 11. The van der Waals surface area contributed by atoms with E-state index in [2.05, 4.69) is 5.32 Å². The van der Waals surface area contributed by atoms with Gasteiger partial charge in [-0.05, 0) is 67.8 Å². The molecular weight excluding hydrogens is 585 g/mol. The number of carbonyl (C=O) groups is 2. The van der Waals surface area contributed by atoms with E-state index >= 15 is 0 Å². The van der Waals surface area contributed by atoms with Crippen LogP contribution in [0.5, 0.6) is 5.75 Å². The number of hydrogen-bond acceptors (Lipinski definition) is 5. The second-order valence-electron chi connectivity index (χ2n) is 9.96. The van der Waals surface area contributed by atoms with Crippen LogP contribution in [0.3, 0.4) is 0 Å².